The predicted octanol–water partition coefficient (Wildman–Crippen LogP) is 0.833. The molecular weight excluding hydrogens is 194 g/mol. The molecule has 88 valence electrons. The Balaban J connectivity index is 2.44. The van der Waals surface area contributed by atoms with Crippen LogP contribution in [0.3, 0.4) is 0 Å². The first-order valence-corrected chi connectivity index (χ1v) is 5.64. The quantitative estimate of drug-likeness (QED) is 0.618. The van der Waals surface area contributed by atoms with Crippen LogP contribution in [0.25, 0.3) is 0 Å². The van der Waals surface area contributed by atoms with E-state index in [1.807, 2.05) is 0 Å². The summed E-state index contributed by atoms with van der Waals surface area (Å²) in [7, 11) is 1.40. The van der Waals surface area contributed by atoms with E-state index in [1.54, 1.807) is 0 Å². The van der Waals surface area contributed by atoms with Crippen LogP contribution in [0.1, 0.15) is 39.0 Å². The van der Waals surface area contributed by atoms with E-state index in [0.717, 1.165) is 32.1 Å². The Morgan fingerprint density at radius 3 is 2.67 bits per heavy atom. The first kappa shape index (κ1) is 12.5. The van der Waals surface area contributed by atoms with Gasteiger partial charge in [0, 0.05) is 5.54 Å². The molecule has 0 heterocycles. The van der Waals surface area contributed by atoms with Gasteiger partial charge in [0.1, 0.15) is 6.04 Å². The third-order valence-electron chi connectivity index (χ3n) is 2.97. The van der Waals surface area contributed by atoms with Crippen molar-refractivity contribution >= 4 is 5.97 Å². The maximum Gasteiger partial charge on any atom is 0.322 e. The van der Waals surface area contributed by atoms with Crippen molar-refractivity contribution in [1.82, 2.24) is 5.32 Å². The molecule has 1 atom stereocenters. The van der Waals surface area contributed by atoms with E-state index in [4.69, 9.17) is 4.74 Å². The van der Waals surface area contributed by atoms with Gasteiger partial charge in [0.25, 0.3) is 0 Å². The monoisotopic (exact) mass is 215 g/mol. The second-order valence-electron chi connectivity index (χ2n) is 4.30. The number of aliphatic hydroxyl groups is 1. The third-order valence-corrected chi connectivity index (χ3v) is 2.97. The fourth-order valence-electron chi connectivity index (χ4n) is 1.67. The minimum absolute atomic E-state index is 0.104. The van der Waals surface area contributed by atoms with Crippen LogP contribution in [0.15, 0.2) is 0 Å². The van der Waals surface area contributed by atoms with Gasteiger partial charge in [0.2, 0.25) is 0 Å². The fraction of sp³-hybridized carbons (Fsp3) is 0.909. The average molecular weight is 215 g/mol. The number of carbonyl (C=O) groups excluding carboxylic acids is 1. The molecule has 0 aromatic rings. The summed E-state index contributed by atoms with van der Waals surface area (Å²) >= 11 is 0. The highest BCUT2D eigenvalue weighted by Gasteiger charge is 2.44. The SMILES string of the molecule is CCCCC(NC1(CO)CC1)C(=O)OC. The van der Waals surface area contributed by atoms with Gasteiger partial charge in [0.05, 0.1) is 13.7 Å². The second kappa shape index (κ2) is 5.47. The highest BCUT2D eigenvalue weighted by Crippen LogP contribution is 2.35. The number of aliphatic hydroxyl groups excluding tert-OH is 1. The zero-order valence-corrected chi connectivity index (χ0v) is 9.58. The summed E-state index contributed by atoms with van der Waals surface area (Å²) in [6, 6.07) is -0.260. The first-order chi connectivity index (χ1) is 7.17. The van der Waals surface area contributed by atoms with Crippen LogP contribution in [-0.4, -0.2) is 36.4 Å². The van der Waals surface area contributed by atoms with Crippen molar-refractivity contribution in [2.24, 2.45) is 0 Å². The van der Waals surface area contributed by atoms with Gasteiger partial charge in [0.15, 0.2) is 0 Å². The topological polar surface area (TPSA) is 58.6 Å². The molecule has 0 bridgehead atoms. The molecule has 0 aliphatic heterocycles. The molecule has 0 amide bonds. The van der Waals surface area contributed by atoms with Crippen molar-refractivity contribution in [2.45, 2.75) is 50.6 Å². The number of ether oxygens (including phenoxy) is 1. The van der Waals surface area contributed by atoms with Gasteiger partial charge >= 0.3 is 5.97 Å². The molecule has 1 aliphatic carbocycles. The van der Waals surface area contributed by atoms with E-state index < -0.39 is 0 Å². The molecule has 2 N–H and O–H groups in total. The van der Waals surface area contributed by atoms with Crippen LogP contribution in [0.2, 0.25) is 0 Å². The fourth-order valence-corrected chi connectivity index (χ4v) is 1.67. The average Bonchev–Trinajstić information content (AvgIpc) is 3.03. The van der Waals surface area contributed by atoms with E-state index in [9.17, 15) is 9.90 Å². The van der Waals surface area contributed by atoms with E-state index >= 15 is 0 Å². The van der Waals surface area contributed by atoms with Crippen molar-refractivity contribution in [3.63, 3.8) is 0 Å². The summed E-state index contributed by atoms with van der Waals surface area (Å²) in [6.07, 6.45) is 4.73. The minimum Gasteiger partial charge on any atom is -0.468 e. The van der Waals surface area contributed by atoms with Crippen LogP contribution in [0.4, 0.5) is 0 Å². The summed E-state index contributed by atoms with van der Waals surface area (Å²) in [5.41, 5.74) is -0.202. The number of esters is 1. The number of hydrogen-bond donors (Lipinski definition) is 2. The molecule has 0 aromatic carbocycles. The van der Waals surface area contributed by atoms with Gasteiger partial charge in [-0.2, -0.15) is 0 Å². The molecule has 0 saturated heterocycles. The number of methoxy groups -OCH3 is 1. The Morgan fingerprint density at radius 1 is 1.60 bits per heavy atom. The van der Waals surface area contributed by atoms with Crippen LogP contribution in [0, 0.1) is 0 Å². The molecule has 15 heavy (non-hydrogen) atoms. The molecule has 1 fully saturated rings. The van der Waals surface area contributed by atoms with Gasteiger partial charge in [-0.25, -0.2) is 0 Å². The maximum atomic E-state index is 11.5. The summed E-state index contributed by atoms with van der Waals surface area (Å²) in [5.74, 6) is -0.219. The second-order valence-corrected chi connectivity index (χ2v) is 4.30. The number of carbonyl (C=O) groups is 1. The van der Waals surface area contributed by atoms with Crippen molar-refractivity contribution in [1.29, 1.82) is 0 Å². The number of rotatable bonds is 7. The highest BCUT2D eigenvalue weighted by atomic mass is 16.5. The number of hydrogen-bond acceptors (Lipinski definition) is 4. The standard InChI is InChI=1S/C11H21NO3/c1-3-4-5-9(10(14)15-2)12-11(8-13)6-7-11/h9,12-13H,3-8H2,1-2H3. The van der Waals surface area contributed by atoms with Crippen molar-refractivity contribution in [3.8, 4) is 0 Å². The first-order valence-electron chi connectivity index (χ1n) is 5.64. The summed E-state index contributed by atoms with van der Waals surface area (Å²) in [5, 5.41) is 12.4. The lowest BCUT2D eigenvalue weighted by atomic mass is 10.1. The van der Waals surface area contributed by atoms with E-state index in [-0.39, 0.29) is 24.2 Å². The summed E-state index contributed by atoms with van der Waals surface area (Å²) < 4.78 is 4.74. The van der Waals surface area contributed by atoms with Gasteiger partial charge in [-0.15, -0.1) is 0 Å². The summed E-state index contributed by atoms with van der Waals surface area (Å²) in [6.45, 7) is 2.19. The molecule has 0 spiro atoms. The number of unbranched alkanes of at least 4 members (excludes halogenated alkanes) is 1. The van der Waals surface area contributed by atoms with Gasteiger partial charge in [-0.3, -0.25) is 10.1 Å². The molecule has 4 nitrogen and oxygen atoms in total. The van der Waals surface area contributed by atoms with Crippen LogP contribution in [0.5, 0.6) is 0 Å². The highest BCUT2D eigenvalue weighted by molar-refractivity contribution is 5.75. The van der Waals surface area contributed by atoms with Crippen LogP contribution < -0.4 is 5.32 Å². The van der Waals surface area contributed by atoms with Crippen molar-refractivity contribution in [2.75, 3.05) is 13.7 Å². The molecule has 0 aromatic heterocycles. The molecule has 1 rings (SSSR count). The Kier molecular flexibility index (Phi) is 4.54. The lowest BCUT2D eigenvalue weighted by molar-refractivity contribution is -0.143. The largest absolute Gasteiger partial charge is 0.468 e. The smallest absolute Gasteiger partial charge is 0.322 e. The minimum atomic E-state index is -0.260. The lowest BCUT2D eigenvalue weighted by Gasteiger charge is -2.22. The van der Waals surface area contributed by atoms with Crippen molar-refractivity contribution in [3.05, 3.63) is 0 Å². The molecule has 1 saturated carbocycles. The van der Waals surface area contributed by atoms with E-state index in [1.165, 1.54) is 7.11 Å². The molecule has 0 radical (unpaired) electrons. The van der Waals surface area contributed by atoms with Gasteiger partial charge in [-0.1, -0.05) is 19.8 Å². The van der Waals surface area contributed by atoms with Crippen LogP contribution in [-0.2, 0) is 9.53 Å². The molecular formula is C11H21NO3. The predicted molar refractivity (Wildman–Crippen MR) is 57.5 cm³/mol. The maximum absolute atomic E-state index is 11.5. The van der Waals surface area contributed by atoms with Crippen LogP contribution >= 0.6 is 0 Å². The molecule has 1 aliphatic rings. The Hall–Kier alpha value is -0.610. The lowest BCUT2D eigenvalue weighted by Crippen LogP contribution is -2.47. The summed E-state index contributed by atoms with van der Waals surface area (Å²) in [4.78, 5) is 11.5. The third kappa shape index (κ3) is 3.47. The van der Waals surface area contributed by atoms with E-state index in [0.29, 0.717) is 0 Å². The van der Waals surface area contributed by atoms with Gasteiger partial charge < -0.3 is 9.84 Å². The van der Waals surface area contributed by atoms with Crippen molar-refractivity contribution < 1.29 is 14.6 Å². The normalized spacial score (nSPS) is 19.7. The zero-order chi connectivity index (χ0) is 11.3. The Bertz CT molecular complexity index is 214. The Labute approximate surface area is 91.0 Å². The van der Waals surface area contributed by atoms with E-state index in [2.05, 4.69) is 12.2 Å². The zero-order valence-electron chi connectivity index (χ0n) is 9.58. The number of nitrogens with one attached hydrogen (secondary N) is 1. The molecule has 1 unspecified atom stereocenters. The Morgan fingerprint density at radius 2 is 2.27 bits per heavy atom. The van der Waals surface area contributed by atoms with Gasteiger partial charge in [-0.05, 0) is 19.3 Å². The molecule has 4 heteroatoms.